The van der Waals surface area contributed by atoms with Crippen LogP contribution in [0.5, 0.6) is 0 Å². The number of nitriles is 2. The first-order valence-corrected chi connectivity index (χ1v) is 12.1. The molecule has 35 heavy (non-hydrogen) atoms. The molecule has 4 atom stereocenters. The van der Waals surface area contributed by atoms with Crippen molar-refractivity contribution in [2.75, 3.05) is 23.9 Å². The largest absolute Gasteiger partial charge is 0.359 e. The van der Waals surface area contributed by atoms with Gasteiger partial charge in [0.05, 0.1) is 29.0 Å². The van der Waals surface area contributed by atoms with Crippen LogP contribution in [-0.4, -0.2) is 36.2 Å². The van der Waals surface area contributed by atoms with E-state index in [4.69, 9.17) is 0 Å². The number of nitrogens with zero attached hydrogens (tertiary/aromatic N) is 6. The first kappa shape index (κ1) is 21.4. The van der Waals surface area contributed by atoms with Gasteiger partial charge in [0, 0.05) is 56.1 Å². The standard InChI is InChI=1S/C29H28N6/c1-19-14-25-22(24-16-21(18-31)5-8-27(24)35-13-11-33(3)29(25)35)6-9-28-32(2)10-12-34(28)26-7-4-20(17-30)15-23(19)26/h4-5,7-8,10-13,15-16,22,25,28-29H,1,6,9,14H2,2-3H3. The van der Waals surface area contributed by atoms with Crippen LogP contribution in [0, 0.1) is 28.6 Å². The fourth-order valence-corrected chi connectivity index (χ4v) is 6.49. The maximum absolute atomic E-state index is 9.66. The van der Waals surface area contributed by atoms with E-state index >= 15 is 0 Å². The van der Waals surface area contributed by atoms with Gasteiger partial charge in [0.25, 0.3) is 0 Å². The molecule has 0 amide bonds. The summed E-state index contributed by atoms with van der Waals surface area (Å²) in [6.45, 7) is 4.57. The molecule has 4 heterocycles. The molecule has 0 spiro atoms. The highest BCUT2D eigenvalue weighted by Gasteiger charge is 2.45. The molecule has 0 saturated heterocycles. The van der Waals surface area contributed by atoms with Gasteiger partial charge in [-0.15, -0.1) is 0 Å². The molecule has 4 aliphatic rings. The highest BCUT2D eigenvalue weighted by molar-refractivity contribution is 5.79. The van der Waals surface area contributed by atoms with E-state index in [-0.39, 0.29) is 24.2 Å². The predicted molar refractivity (Wildman–Crippen MR) is 138 cm³/mol. The molecule has 0 radical (unpaired) electrons. The Morgan fingerprint density at radius 1 is 0.829 bits per heavy atom. The lowest BCUT2D eigenvalue weighted by Crippen LogP contribution is -2.49. The van der Waals surface area contributed by atoms with Gasteiger partial charge in [-0.3, -0.25) is 0 Å². The molecule has 2 aromatic rings. The second kappa shape index (κ2) is 7.96. The van der Waals surface area contributed by atoms with Crippen molar-refractivity contribution in [2.24, 2.45) is 5.92 Å². The fraction of sp³-hybridized carbons (Fsp3) is 0.310. The molecular formula is C29H28N6. The van der Waals surface area contributed by atoms with Gasteiger partial charge < -0.3 is 19.6 Å². The summed E-state index contributed by atoms with van der Waals surface area (Å²) in [4.78, 5) is 9.26. The van der Waals surface area contributed by atoms with E-state index in [1.54, 1.807) is 0 Å². The van der Waals surface area contributed by atoms with Crippen LogP contribution in [-0.2, 0) is 0 Å². The second-order valence-corrected chi connectivity index (χ2v) is 10.0. The summed E-state index contributed by atoms with van der Waals surface area (Å²) in [6.07, 6.45) is 11.8. The summed E-state index contributed by atoms with van der Waals surface area (Å²) < 4.78 is 0. The van der Waals surface area contributed by atoms with Crippen LogP contribution in [0.15, 0.2) is 67.8 Å². The van der Waals surface area contributed by atoms with Gasteiger partial charge in [-0.1, -0.05) is 6.58 Å². The maximum atomic E-state index is 9.66. The van der Waals surface area contributed by atoms with Crippen LogP contribution in [0.3, 0.4) is 0 Å². The Kier molecular flexibility index (Phi) is 4.86. The Bertz CT molecular complexity index is 1360. The third-order valence-electron chi connectivity index (χ3n) is 8.16. The van der Waals surface area contributed by atoms with Gasteiger partial charge in [-0.2, -0.15) is 10.5 Å². The van der Waals surface area contributed by atoms with Gasteiger partial charge in [0.2, 0.25) is 0 Å². The molecule has 0 fully saturated rings. The molecule has 6 rings (SSSR count). The molecule has 0 N–H and O–H groups in total. The van der Waals surface area contributed by atoms with Gasteiger partial charge in [-0.05, 0) is 72.7 Å². The SMILES string of the molecule is C=C1CC2C(CCC3N(C)C=CN3c3ccc(C#N)cc31)c1cc(C#N)ccc1N1C=CN(C)C21. The van der Waals surface area contributed by atoms with Gasteiger partial charge in [0.15, 0.2) is 0 Å². The number of anilines is 2. The van der Waals surface area contributed by atoms with Crippen LogP contribution in [0.4, 0.5) is 11.4 Å². The molecule has 0 aliphatic carbocycles. The van der Waals surface area contributed by atoms with Gasteiger partial charge in [-0.25, -0.2) is 0 Å². The van der Waals surface area contributed by atoms with Crippen molar-refractivity contribution in [3.05, 3.63) is 90.0 Å². The van der Waals surface area contributed by atoms with Crippen molar-refractivity contribution >= 4 is 16.9 Å². The predicted octanol–water partition coefficient (Wildman–Crippen LogP) is 5.14. The third kappa shape index (κ3) is 3.21. The second-order valence-electron chi connectivity index (χ2n) is 10.0. The normalized spacial score (nSPS) is 26.3. The average Bonchev–Trinajstić information content (AvgIpc) is 3.44. The molecular weight excluding hydrogens is 432 g/mol. The number of allylic oxidation sites excluding steroid dienone is 1. The van der Waals surface area contributed by atoms with E-state index < -0.39 is 0 Å². The summed E-state index contributed by atoms with van der Waals surface area (Å²) in [7, 11) is 4.27. The topological polar surface area (TPSA) is 60.5 Å². The minimum absolute atomic E-state index is 0.188. The first-order chi connectivity index (χ1) is 17.0. The van der Waals surface area contributed by atoms with Crippen LogP contribution in [0.25, 0.3) is 5.57 Å². The van der Waals surface area contributed by atoms with E-state index in [0.29, 0.717) is 11.1 Å². The van der Waals surface area contributed by atoms with E-state index in [1.807, 2.05) is 18.2 Å². The highest BCUT2D eigenvalue weighted by Crippen LogP contribution is 2.51. The summed E-state index contributed by atoms with van der Waals surface area (Å²) in [6, 6.07) is 16.8. The Balaban J connectivity index is 1.52. The van der Waals surface area contributed by atoms with Crippen LogP contribution < -0.4 is 9.80 Å². The zero-order valence-corrected chi connectivity index (χ0v) is 20.1. The number of benzene rings is 2. The first-order valence-electron chi connectivity index (χ1n) is 12.1. The lowest BCUT2D eigenvalue weighted by molar-refractivity contribution is 0.200. The Labute approximate surface area is 206 Å². The van der Waals surface area contributed by atoms with E-state index in [1.165, 1.54) is 11.3 Å². The maximum Gasteiger partial charge on any atom is 0.109 e. The molecule has 6 heteroatoms. The molecule has 4 aliphatic heterocycles. The van der Waals surface area contributed by atoms with Crippen molar-refractivity contribution in [1.29, 1.82) is 10.5 Å². The Morgan fingerprint density at radius 2 is 1.51 bits per heavy atom. The number of fused-ring (bicyclic) bond motifs is 9. The molecule has 2 aromatic carbocycles. The van der Waals surface area contributed by atoms with Gasteiger partial charge >= 0.3 is 0 Å². The zero-order valence-electron chi connectivity index (χ0n) is 20.1. The van der Waals surface area contributed by atoms with Crippen molar-refractivity contribution < 1.29 is 0 Å². The Morgan fingerprint density at radius 3 is 2.29 bits per heavy atom. The van der Waals surface area contributed by atoms with Crippen molar-refractivity contribution in [3.63, 3.8) is 0 Å². The third-order valence-corrected chi connectivity index (χ3v) is 8.16. The fourth-order valence-electron chi connectivity index (χ4n) is 6.49. The molecule has 174 valence electrons. The van der Waals surface area contributed by atoms with E-state index in [2.05, 4.69) is 95.4 Å². The summed E-state index contributed by atoms with van der Waals surface area (Å²) in [5.41, 5.74) is 7.02. The number of rotatable bonds is 0. The zero-order chi connectivity index (χ0) is 24.3. The van der Waals surface area contributed by atoms with Crippen LogP contribution >= 0.6 is 0 Å². The van der Waals surface area contributed by atoms with Crippen LogP contribution in [0.1, 0.15) is 47.4 Å². The van der Waals surface area contributed by atoms with Crippen molar-refractivity contribution in [1.82, 2.24) is 9.80 Å². The average molecular weight is 461 g/mol. The van der Waals surface area contributed by atoms with Crippen LogP contribution in [0.2, 0.25) is 0 Å². The molecule has 0 bridgehead atoms. The number of hydrogen-bond donors (Lipinski definition) is 0. The molecule has 0 aromatic heterocycles. The minimum atomic E-state index is 0.188. The summed E-state index contributed by atoms with van der Waals surface area (Å²) in [5, 5.41) is 19.3. The van der Waals surface area contributed by atoms with Gasteiger partial charge in [0.1, 0.15) is 12.3 Å². The van der Waals surface area contributed by atoms with Crippen molar-refractivity contribution in [3.8, 4) is 12.1 Å². The molecule has 4 unspecified atom stereocenters. The summed E-state index contributed by atoms with van der Waals surface area (Å²) in [5.74, 6) is 0.573. The number of hydrogen-bond acceptors (Lipinski definition) is 6. The Hall–Kier alpha value is -4.16. The monoisotopic (exact) mass is 460 g/mol. The molecule has 0 saturated carbocycles. The quantitative estimate of drug-likeness (QED) is 0.543. The lowest BCUT2D eigenvalue weighted by atomic mass is 9.72. The van der Waals surface area contributed by atoms with E-state index in [9.17, 15) is 10.5 Å². The highest BCUT2D eigenvalue weighted by atomic mass is 15.4. The minimum Gasteiger partial charge on any atom is -0.359 e. The smallest absolute Gasteiger partial charge is 0.109 e. The van der Waals surface area contributed by atoms with E-state index in [0.717, 1.165) is 36.1 Å². The van der Waals surface area contributed by atoms with Crippen molar-refractivity contribution in [2.45, 2.75) is 37.5 Å². The summed E-state index contributed by atoms with van der Waals surface area (Å²) >= 11 is 0. The molecule has 6 nitrogen and oxygen atoms in total. The lowest BCUT2D eigenvalue weighted by Gasteiger charge is -2.48.